The Hall–Kier alpha value is -3.15. The maximum atomic E-state index is 12.6. The normalized spacial score (nSPS) is 10.0. The molecule has 6 nitrogen and oxygen atoms in total. The summed E-state index contributed by atoms with van der Waals surface area (Å²) in [6, 6.07) is 15.8. The fraction of sp³-hybridized carbons (Fsp3) is 0.167. The maximum absolute atomic E-state index is 12.6. The number of carbonyl (C=O) groups excluding carboxylic acids is 3. The largest absolute Gasteiger partial charge is 0.452 e. The average Bonchev–Trinajstić information content (AvgIpc) is 2.59. The standard InChI is InChI=1S/C18H18N2O4/c1-20(11-13-7-3-2-4-8-13)17(22)14-9-5-6-10-15(14)18(23)24-12-16(19)21/h2-10H,11-12H2,1H3,(H2,19,21). The van der Waals surface area contributed by atoms with Gasteiger partial charge in [-0.15, -0.1) is 0 Å². The minimum absolute atomic E-state index is 0.101. The van der Waals surface area contributed by atoms with Crippen LogP contribution in [-0.2, 0) is 16.1 Å². The van der Waals surface area contributed by atoms with Crippen molar-refractivity contribution in [3.05, 3.63) is 71.3 Å². The zero-order chi connectivity index (χ0) is 17.5. The van der Waals surface area contributed by atoms with E-state index in [0.29, 0.717) is 6.54 Å². The summed E-state index contributed by atoms with van der Waals surface area (Å²) in [7, 11) is 1.65. The summed E-state index contributed by atoms with van der Waals surface area (Å²) in [6.45, 7) is -0.119. The molecule has 0 unspecified atom stereocenters. The second-order valence-electron chi connectivity index (χ2n) is 5.23. The molecular weight excluding hydrogens is 308 g/mol. The van der Waals surface area contributed by atoms with Gasteiger partial charge in [-0.05, 0) is 17.7 Å². The van der Waals surface area contributed by atoms with Crippen LogP contribution in [0.5, 0.6) is 0 Å². The van der Waals surface area contributed by atoms with Crippen LogP contribution in [0.4, 0.5) is 0 Å². The average molecular weight is 326 g/mol. The molecule has 0 saturated heterocycles. The Morgan fingerprint density at radius 3 is 2.17 bits per heavy atom. The second-order valence-corrected chi connectivity index (χ2v) is 5.23. The number of carbonyl (C=O) groups is 3. The van der Waals surface area contributed by atoms with Gasteiger partial charge in [0.15, 0.2) is 6.61 Å². The van der Waals surface area contributed by atoms with Crippen molar-refractivity contribution >= 4 is 17.8 Å². The summed E-state index contributed by atoms with van der Waals surface area (Å²) in [5, 5.41) is 0. The highest BCUT2D eigenvalue weighted by Gasteiger charge is 2.21. The summed E-state index contributed by atoms with van der Waals surface area (Å²) in [5.41, 5.74) is 6.25. The molecule has 0 radical (unpaired) electrons. The number of ether oxygens (including phenoxy) is 1. The molecule has 0 fully saturated rings. The zero-order valence-electron chi connectivity index (χ0n) is 13.3. The number of amides is 2. The van der Waals surface area contributed by atoms with Gasteiger partial charge < -0.3 is 15.4 Å². The Balaban J connectivity index is 2.17. The molecule has 24 heavy (non-hydrogen) atoms. The van der Waals surface area contributed by atoms with Crippen LogP contribution in [0.25, 0.3) is 0 Å². The van der Waals surface area contributed by atoms with E-state index in [1.807, 2.05) is 30.3 Å². The van der Waals surface area contributed by atoms with Gasteiger partial charge in [0, 0.05) is 13.6 Å². The summed E-state index contributed by atoms with van der Waals surface area (Å²) < 4.78 is 4.79. The molecule has 0 aliphatic carbocycles. The first-order valence-corrected chi connectivity index (χ1v) is 7.33. The van der Waals surface area contributed by atoms with Crippen LogP contribution in [0.2, 0.25) is 0 Å². The molecule has 2 N–H and O–H groups in total. The van der Waals surface area contributed by atoms with E-state index in [1.54, 1.807) is 25.2 Å². The lowest BCUT2D eigenvalue weighted by Gasteiger charge is -2.18. The van der Waals surface area contributed by atoms with Crippen LogP contribution >= 0.6 is 0 Å². The molecule has 124 valence electrons. The molecule has 0 atom stereocenters. The second kappa shape index (κ2) is 7.92. The number of rotatable bonds is 6. The van der Waals surface area contributed by atoms with Crippen molar-refractivity contribution in [1.82, 2.24) is 4.90 Å². The molecule has 0 aromatic heterocycles. The third-order valence-electron chi connectivity index (χ3n) is 3.33. The number of esters is 1. The van der Waals surface area contributed by atoms with E-state index in [1.165, 1.54) is 11.0 Å². The van der Waals surface area contributed by atoms with Crippen molar-refractivity contribution in [3.63, 3.8) is 0 Å². The summed E-state index contributed by atoms with van der Waals surface area (Å²) in [5.74, 6) is -1.83. The maximum Gasteiger partial charge on any atom is 0.339 e. The van der Waals surface area contributed by atoms with Crippen LogP contribution < -0.4 is 5.73 Å². The van der Waals surface area contributed by atoms with Crippen LogP contribution in [0, 0.1) is 0 Å². The molecular formula is C18H18N2O4. The van der Waals surface area contributed by atoms with Gasteiger partial charge in [0.2, 0.25) is 0 Å². The van der Waals surface area contributed by atoms with Crippen LogP contribution in [-0.4, -0.2) is 36.3 Å². The fourth-order valence-electron chi connectivity index (χ4n) is 2.20. The highest BCUT2D eigenvalue weighted by molar-refractivity contribution is 6.05. The Kier molecular flexibility index (Phi) is 5.68. The summed E-state index contributed by atoms with van der Waals surface area (Å²) in [4.78, 5) is 36.9. The Bertz CT molecular complexity index is 744. The number of hydrogen-bond acceptors (Lipinski definition) is 4. The van der Waals surface area contributed by atoms with Crippen molar-refractivity contribution < 1.29 is 19.1 Å². The summed E-state index contributed by atoms with van der Waals surface area (Å²) >= 11 is 0. The predicted octanol–water partition coefficient (Wildman–Crippen LogP) is 1.60. The molecule has 2 aromatic carbocycles. The van der Waals surface area contributed by atoms with Gasteiger partial charge in [-0.1, -0.05) is 42.5 Å². The molecule has 2 aromatic rings. The quantitative estimate of drug-likeness (QED) is 0.817. The summed E-state index contributed by atoms with van der Waals surface area (Å²) in [6.07, 6.45) is 0. The van der Waals surface area contributed by atoms with Gasteiger partial charge in [0.1, 0.15) is 0 Å². The van der Waals surface area contributed by atoms with E-state index in [4.69, 9.17) is 10.5 Å². The van der Waals surface area contributed by atoms with Crippen molar-refractivity contribution in [1.29, 1.82) is 0 Å². The van der Waals surface area contributed by atoms with Gasteiger partial charge in [0.05, 0.1) is 11.1 Å². The zero-order valence-corrected chi connectivity index (χ0v) is 13.3. The molecule has 2 amide bonds. The minimum atomic E-state index is -0.758. The van der Waals surface area contributed by atoms with Crippen molar-refractivity contribution in [2.75, 3.05) is 13.7 Å². The Morgan fingerprint density at radius 1 is 0.958 bits per heavy atom. The van der Waals surface area contributed by atoms with Crippen LogP contribution in [0.1, 0.15) is 26.3 Å². The Labute approximate surface area is 139 Å². The van der Waals surface area contributed by atoms with Gasteiger partial charge in [-0.2, -0.15) is 0 Å². The topological polar surface area (TPSA) is 89.7 Å². The van der Waals surface area contributed by atoms with E-state index in [-0.39, 0.29) is 17.0 Å². The molecule has 6 heteroatoms. The highest BCUT2D eigenvalue weighted by atomic mass is 16.5. The number of hydrogen-bond donors (Lipinski definition) is 1. The lowest BCUT2D eigenvalue weighted by molar-refractivity contribution is -0.121. The van der Waals surface area contributed by atoms with Crippen molar-refractivity contribution in [2.24, 2.45) is 5.73 Å². The number of nitrogens with two attached hydrogens (primary N) is 1. The number of primary amides is 1. The Morgan fingerprint density at radius 2 is 1.54 bits per heavy atom. The van der Waals surface area contributed by atoms with Gasteiger partial charge in [-0.25, -0.2) is 4.79 Å². The fourth-order valence-corrected chi connectivity index (χ4v) is 2.20. The SMILES string of the molecule is CN(Cc1ccccc1)C(=O)c1ccccc1C(=O)OCC(N)=O. The third kappa shape index (κ3) is 4.42. The molecule has 0 saturated carbocycles. The van der Waals surface area contributed by atoms with E-state index >= 15 is 0 Å². The van der Waals surface area contributed by atoms with Gasteiger partial charge in [-0.3, -0.25) is 9.59 Å². The van der Waals surface area contributed by atoms with Gasteiger partial charge >= 0.3 is 5.97 Å². The molecule has 0 spiro atoms. The lowest BCUT2D eigenvalue weighted by atomic mass is 10.1. The predicted molar refractivity (Wildman–Crippen MR) is 88.2 cm³/mol. The first-order chi connectivity index (χ1) is 11.5. The van der Waals surface area contributed by atoms with Crippen molar-refractivity contribution in [3.8, 4) is 0 Å². The van der Waals surface area contributed by atoms with E-state index < -0.39 is 18.5 Å². The molecule has 0 heterocycles. The smallest absolute Gasteiger partial charge is 0.339 e. The van der Waals surface area contributed by atoms with Crippen molar-refractivity contribution in [2.45, 2.75) is 6.54 Å². The first-order valence-electron chi connectivity index (χ1n) is 7.33. The molecule has 0 aliphatic rings. The van der Waals surface area contributed by atoms with Gasteiger partial charge in [0.25, 0.3) is 11.8 Å². The van der Waals surface area contributed by atoms with E-state index in [2.05, 4.69) is 0 Å². The monoisotopic (exact) mass is 326 g/mol. The minimum Gasteiger partial charge on any atom is -0.452 e. The molecule has 0 aliphatic heterocycles. The number of benzene rings is 2. The molecule has 0 bridgehead atoms. The van der Waals surface area contributed by atoms with Crippen LogP contribution in [0.15, 0.2) is 54.6 Å². The lowest BCUT2D eigenvalue weighted by Crippen LogP contribution is -2.28. The third-order valence-corrected chi connectivity index (χ3v) is 3.33. The van der Waals surface area contributed by atoms with E-state index in [9.17, 15) is 14.4 Å². The van der Waals surface area contributed by atoms with Crippen LogP contribution in [0.3, 0.4) is 0 Å². The van der Waals surface area contributed by atoms with E-state index in [0.717, 1.165) is 5.56 Å². The molecule has 2 rings (SSSR count). The first kappa shape index (κ1) is 17.2. The highest BCUT2D eigenvalue weighted by Crippen LogP contribution is 2.14. The number of nitrogens with zero attached hydrogens (tertiary/aromatic N) is 1.